The molecule has 1 saturated heterocycles. The van der Waals surface area contributed by atoms with Gasteiger partial charge in [0.25, 0.3) is 5.91 Å². The number of fused-ring (bicyclic) bond motifs is 3. The molecule has 0 radical (unpaired) electrons. The van der Waals surface area contributed by atoms with Crippen molar-refractivity contribution in [3.63, 3.8) is 0 Å². The zero-order valence-electron chi connectivity index (χ0n) is 13.4. The number of amides is 3. The minimum atomic E-state index is -0.734. The normalized spacial score (nSPS) is 19.7. The number of esters is 1. The number of carbonyl (C=O) groups is 3. The average molecular weight is 320 g/mol. The van der Waals surface area contributed by atoms with Crippen LogP contribution in [0.1, 0.15) is 18.7 Å². The first-order chi connectivity index (χ1) is 10.9. The molecule has 0 aromatic carbocycles. The number of rotatable bonds is 3. The van der Waals surface area contributed by atoms with Gasteiger partial charge in [-0.2, -0.15) is 0 Å². The number of nitrogens with zero attached hydrogens (tertiary/aromatic N) is 5. The maximum absolute atomic E-state index is 12.7. The quantitative estimate of drug-likeness (QED) is 0.563. The Labute approximate surface area is 132 Å². The number of aliphatic imine (C=N–C) groups is 1. The van der Waals surface area contributed by atoms with Crippen LogP contribution in [-0.2, 0) is 21.4 Å². The van der Waals surface area contributed by atoms with Gasteiger partial charge in [-0.15, -0.1) is 0 Å². The van der Waals surface area contributed by atoms with E-state index in [2.05, 4.69) is 4.99 Å². The van der Waals surface area contributed by atoms with Crippen LogP contribution in [-0.4, -0.2) is 58.3 Å². The molecule has 0 saturated carbocycles. The van der Waals surface area contributed by atoms with Gasteiger partial charge >= 0.3 is 17.9 Å². The van der Waals surface area contributed by atoms with E-state index in [0.717, 1.165) is 10.6 Å². The molecular weight excluding hydrogens is 302 g/mol. The van der Waals surface area contributed by atoms with E-state index >= 15 is 0 Å². The zero-order chi connectivity index (χ0) is 16.9. The topological polar surface area (TPSA) is 88.1 Å². The highest BCUT2D eigenvalue weighted by atomic mass is 16.5. The Bertz CT molecular complexity index is 751. The summed E-state index contributed by atoms with van der Waals surface area (Å²) in [4.78, 5) is 43.4. The van der Waals surface area contributed by atoms with Gasteiger partial charge in [0, 0.05) is 7.05 Å². The monoisotopic (exact) mass is 320 g/mol. The summed E-state index contributed by atoms with van der Waals surface area (Å²) < 4.78 is 8.39. The summed E-state index contributed by atoms with van der Waals surface area (Å²) in [6.07, 6.45) is 1.81. The van der Waals surface area contributed by atoms with Crippen molar-refractivity contribution in [1.82, 2.24) is 14.4 Å². The number of hydrogen-bond acceptors (Lipinski definition) is 5. The molecule has 3 amide bonds. The molecular formula is C14H18N5O4+. The number of aryl methyl sites for hydroxylation is 1. The highest BCUT2D eigenvalue weighted by Crippen LogP contribution is 2.28. The average Bonchev–Trinajstić information content (AvgIpc) is 3.00. The number of urea groups is 1. The molecule has 0 N–H and O–H groups in total. The number of likely N-dealkylation sites (N-methyl/N-ethyl adjacent to an activating group) is 1. The molecule has 9 nitrogen and oxygen atoms in total. The van der Waals surface area contributed by atoms with Gasteiger partial charge in [0.1, 0.15) is 18.4 Å². The fourth-order valence-electron chi connectivity index (χ4n) is 2.78. The molecule has 3 rings (SSSR count). The van der Waals surface area contributed by atoms with Gasteiger partial charge in [0.15, 0.2) is 0 Å². The van der Waals surface area contributed by atoms with Crippen molar-refractivity contribution in [2.45, 2.75) is 19.9 Å². The van der Waals surface area contributed by atoms with Crippen LogP contribution in [0.3, 0.4) is 0 Å². The second-order valence-corrected chi connectivity index (χ2v) is 5.48. The molecule has 1 unspecified atom stereocenters. The maximum Gasteiger partial charge on any atom is 0.401 e. The predicted octanol–water partition coefficient (Wildman–Crippen LogP) is -0.337. The molecule has 122 valence electrons. The predicted molar refractivity (Wildman–Crippen MR) is 78.0 cm³/mol. The van der Waals surface area contributed by atoms with Crippen molar-refractivity contribution < 1.29 is 23.7 Å². The van der Waals surface area contributed by atoms with Crippen LogP contribution in [0, 0.1) is 6.92 Å². The van der Waals surface area contributed by atoms with E-state index in [9.17, 15) is 14.4 Å². The lowest BCUT2D eigenvalue weighted by Gasteiger charge is -2.32. The largest absolute Gasteiger partial charge is 0.465 e. The van der Waals surface area contributed by atoms with Gasteiger partial charge in [-0.1, -0.05) is 4.99 Å². The fourth-order valence-corrected chi connectivity index (χ4v) is 2.78. The maximum atomic E-state index is 12.7. The van der Waals surface area contributed by atoms with Crippen LogP contribution in [0.25, 0.3) is 0 Å². The SMILES string of the molecule is CCOC(=O)CN1C(=O)C2C(=Nc3n(C)c(C)c[n+]32)N(C)C1=O. The van der Waals surface area contributed by atoms with Crippen molar-refractivity contribution >= 4 is 29.7 Å². The molecule has 0 aliphatic carbocycles. The third-order valence-electron chi connectivity index (χ3n) is 4.08. The molecule has 1 aromatic rings. The lowest BCUT2D eigenvalue weighted by atomic mass is 10.1. The third-order valence-corrected chi connectivity index (χ3v) is 4.08. The van der Waals surface area contributed by atoms with Crippen molar-refractivity contribution in [2.75, 3.05) is 20.2 Å². The molecule has 1 fully saturated rings. The van der Waals surface area contributed by atoms with E-state index in [1.165, 1.54) is 11.9 Å². The minimum absolute atomic E-state index is 0.192. The molecule has 9 heteroatoms. The lowest BCUT2D eigenvalue weighted by molar-refractivity contribution is -0.677. The molecule has 23 heavy (non-hydrogen) atoms. The Morgan fingerprint density at radius 1 is 1.39 bits per heavy atom. The van der Waals surface area contributed by atoms with E-state index in [-0.39, 0.29) is 6.61 Å². The summed E-state index contributed by atoms with van der Waals surface area (Å²) in [7, 11) is 3.38. The van der Waals surface area contributed by atoms with Gasteiger partial charge in [0.05, 0.1) is 13.7 Å². The number of ether oxygens (including phenoxy) is 1. The molecule has 0 bridgehead atoms. The smallest absolute Gasteiger partial charge is 0.401 e. The van der Waals surface area contributed by atoms with Crippen molar-refractivity contribution in [3.05, 3.63) is 11.9 Å². The first kappa shape index (κ1) is 15.2. The Morgan fingerprint density at radius 2 is 2.09 bits per heavy atom. The van der Waals surface area contributed by atoms with Crippen LogP contribution in [0.5, 0.6) is 0 Å². The van der Waals surface area contributed by atoms with Gasteiger partial charge in [-0.25, -0.2) is 18.8 Å². The van der Waals surface area contributed by atoms with Crippen LogP contribution < -0.4 is 4.57 Å². The third kappa shape index (κ3) is 2.11. The van der Waals surface area contributed by atoms with Crippen molar-refractivity contribution in [1.29, 1.82) is 0 Å². The highest BCUT2D eigenvalue weighted by Gasteiger charge is 2.53. The molecule has 2 aliphatic heterocycles. The standard InChI is InChI=1S/C14H18N5O4/c1-5-23-9(20)7-19-12(21)10-11(17(4)14(19)22)15-13-16(3)8(2)6-18(10)13/h6,10H,5,7H2,1-4H3/q+1. The number of carbonyl (C=O) groups excluding carboxylic acids is 3. The van der Waals surface area contributed by atoms with Crippen LogP contribution in [0.4, 0.5) is 10.7 Å². The lowest BCUT2D eigenvalue weighted by Crippen LogP contribution is -2.63. The van der Waals surface area contributed by atoms with Crippen LogP contribution >= 0.6 is 0 Å². The van der Waals surface area contributed by atoms with E-state index < -0.39 is 30.5 Å². The number of amidine groups is 1. The summed E-state index contributed by atoms with van der Waals surface area (Å²) in [5, 5.41) is 0. The fraction of sp³-hybridized carbons (Fsp3) is 0.500. The second-order valence-electron chi connectivity index (χ2n) is 5.48. The second kappa shape index (κ2) is 5.18. The number of hydrogen-bond donors (Lipinski definition) is 0. The number of aromatic nitrogens is 2. The minimum Gasteiger partial charge on any atom is -0.465 e. The Morgan fingerprint density at radius 3 is 2.74 bits per heavy atom. The van der Waals surface area contributed by atoms with Gasteiger partial charge in [-0.3, -0.25) is 14.5 Å². The van der Waals surface area contributed by atoms with Crippen LogP contribution in [0.2, 0.25) is 0 Å². The van der Waals surface area contributed by atoms with Crippen molar-refractivity contribution in [3.8, 4) is 0 Å². The zero-order valence-corrected chi connectivity index (χ0v) is 13.4. The van der Waals surface area contributed by atoms with Gasteiger partial charge in [-0.05, 0) is 13.8 Å². The molecule has 1 atom stereocenters. The first-order valence-electron chi connectivity index (χ1n) is 7.27. The Hall–Kier alpha value is -2.71. The molecule has 1 aromatic heterocycles. The van der Waals surface area contributed by atoms with Crippen molar-refractivity contribution in [2.24, 2.45) is 12.0 Å². The molecule has 3 heterocycles. The summed E-state index contributed by atoms with van der Waals surface area (Å²) >= 11 is 0. The summed E-state index contributed by atoms with van der Waals surface area (Å²) in [6.45, 7) is 3.36. The highest BCUT2D eigenvalue weighted by molar-refractivity contribution is 6.19. The first-order valence-corrected chi connectivity index (χ1v) is 7.27. The Balaban J connectivity index is 1.98. The van der Waals surface area contributed by atoms with E-state index in [4.69, 9.17) is 4.74 Å². The Kier molecular flexibility index (Phi) is 3.42. The molecule has 0 spiro atoms. The van der Waals surface area contributed by atoms with Gasteiger partial charge in [0.2, 0.25) is 11.9 Å². The van der Waals surface area contributed by atoms with Gasteiger partial charge < -0.3 is 4.74 Å². The van der Waals surface area contributed by atoms with E-state index in [1.807, 2.05) is 18.5 Å². The summed E-state index contributed by atoms with van der Waals surface area (Å²) in [5.41, 5.74) is 0.937. The van der Waals surface area contributed by atoms with E-state index in [0.29, 0.717) is 11.8 Å². The summed E-state index contributed by atoms with van der Waals surface area (Å²) in [5.74, 6) is -0.135. The van der Waals surface area contributed by atoms with E-state index in [1.54, 1.807) is 17.7 Å². The molecule has 2 aliphatic rings. The van der Waals surface area contributed by atoms with Crippen LogP contribution in [0.15, 0.2) is 11.2 Å². The number of imide groups is 1. The summed E-state index contributed by atoms with van der Waals surface area (Å²) in [6, 6.07) is -1.31. The number of imidazole rings is 1.